The van der Waals surface area contributed by atoms with E-state index in [2.05, 4.69) is 13.8 Å². The summed E-state index contributed by atoms with van der Waals surface area (Å²) in [5, 5.41) is 0. The third-order valence-electron chi connectivity index (χ3n) is 15.8. The van der Waals surface area contributed by atoms with Crippen LogP contribution >= 0.6 is 0 Å². The molecule has 0 aliphatic carbocycles. The van der Waals surface area contributed by atoms with Crippen LogP contribution in [0.15, 0.2) is 11.6 Å². The van der Waals surface area contributed by atoms with Crippen LogP contribution in [0.3, 0.4) is 0 Å². The van der Waals surface area contributed by atoms with Crippen molar-refractivity contribution in [3.8, 4) is 11.5 Å². The molecule has 0 N–H and O–H groups in total. The van der Waals surface area contributed by atoms with Crippen LogP contribution in [0, 0.1) is 12.8 Å². The zero-order valence-electron chi connectivity index (χ0n) is 52.9. The van der Waals surface area contributed by atoms with Crippen molar-refractivity contribution >= 4 is 35.8 Å². The number of cyclic esters (lactones) is 1. The molecular weight excluding hydrogens is 1040 g/mol. The average molecular weight is 1160 g/mol. The average Bonchev–Trinajstić information content (AvgIpc) is 4.01. The van der Waals surface area contributed by atoms with Crippen LogP contribution in [0.2, 0.25) is 0 Å². The number of hydrogen-bond donors (Lipinski definition) is 0. The molecule has 470 valence electrons. The fourth-order valence-corrected chi connectivity index (χ4v) is 10.6. The molecule has 0 radical (unpaired) electrons. The van der Waals surface area contributed by atoms with Crippen molar-refractivity contribution in [1.29, 1.82) is 0 Å². The van der Waals surface area contributed by atoms with Gasteiger partial charge in [0.25, 0.3) is 0 Å². The lowest BCUT2D eigenvalue weighted by molar-refractivity contribution is -0.167. The highest BCUT2D eigenvalue weighted by Gasteiger charge is 2.34. The number of benzene rings is 1. The van der Waals surface area contributed by atoms with Crippen LogP contribution in [-0.2, 0) is 65.4 Å². The Labute approximate surface area is 496 Å². The summed E-state index contributed by atoms with van der Waals surface area (Å²) in [4.78, 5) is 76.4. The van der Waals surface area contributed by atoms with Crippen LogP contribution < -0.4 is 9.47 Å². The van der Waals surface area contributed by atoms with Gasteiger partial charge in [0, 0.05) is 50.2 Å². The highest BCUT2D eigenvalue weighted by molar-refractivity contribution is 5.98. The van der Waals surface area contributed by atoms with E-state index in [0.717, 1.165) is 88.2 Å². The van der Waals surface area contributed by atoms with Crippen molar-refractivity contribution < 1.29 is 66.7 Å². The number of unbranched alkanes of at least 4 members (excludes halogenated alkanes) is 29. The lowest BCUT2D eigenvalue weighted by Crippen LogP contribution is -2.31. The summed E-state index contributed by atoms with van der Waals surface area (Å²) in [6.45, 7) is 11.7. The summed E-state index contributed by atoms with van der Waals surface area (Å²) in [5.41, 5.74) is 3.32. The molecule has 14 heteroatoms. The van der Waals surface area contributed by atoms with Crippen LogP contribution in [0.5, 0.6) is 11.5 Å². The van der Waals surface area contributed by atoms with Crippen LogP contribution in [-0.4, -0.2) is 75.6 Å². The summed E-state index contributed by atoms with van der Waals surface area (Å²) < 4.78 is 44.9. The molecule has 2 unspecified atom stereocenters. The molecule has 2 rings (SSSR count). The van der Waals surface area contributed by atoms with Crippen molar-refractivity contribution in [3.63, 3.8) is 0 Å². The minimum absolute atomic E-state index is 0.0747. The second-order valence-corrected chi connectivity index (χ2v) is 23.3. The van der Waals surface area contributed by atoms with Gasteiger partial charge < -0.3 is 37.9 Å². The number of carbonyl (C=O) groups excluding carboxylic acids is 6. The van der Waals surface area contributed by atoms with Crippen molar-refractivity contribution in [2.45, 2.75) is 317 Å². The quantitative estimate of drug-likeness (QED) is 0.0198. The molecule has 2 atom stereocenters. The summed E-state index contributed by atoms with van der Waals surface area (Å²) in [6, 6.07) is 0. The van der Waals surface area contributed by atoms with Crippen LogP contribution in [0.1, 0.15) is 312 Å². The molecule has 0 saturated carbocycles. The van der Waals surface area contributed by atoms with Crippen molar-refractivity contribution in [2.75, 3.05) is 27.4 Å². The molecule has 1 aliphatic rings. The number of rotatable bonds is 53. The molecule has 0 aromatic heterocycles. The molecule has 82 heavy (non-hydrogen) atoms. The van der Waals surface area contributed by atoms with E-state index in [1.54, 1.807) is 14.0 Å². The molecule has 1 aliphatic heterocycles. The van der Waals surface area contributed by atoms with Crippen LogP contribution in [0.25, 0.3) is 0 Å². The van der Waals surface area contributed by atoms with Crippen molar-refractivity contribution in [3.05, 3.63) is 33.9 Å². The van der Waals surface area contributed by atoms with E-state index in [4.69, 9.17) is 37.9 Å². The van der Waals surface area contributed by atoms with E-state index in [-0.39, 0.29) is 68.7 Å². The Morgan fingerprint density at radius 2 is 0.963 bits per heavy atom. The lowest BCUT2D eigenvalue weighted by atomic mass is 9.94. The minimum atomic E-state index is -0.992. The summed E-state index contributed by atoms with van der Waals surface area (Å²) in [7, 11) is 2.91. The first-order chi connectivity index (χ1) is 39.7. The Balaban J connectivity index is 1.76. The van der Waals surface area contributed by atoms with Crippen molar-refractivity contribution in [1.82, 2.24) is 0 Å². The fraction of sp³-hybridized carbons (Fsp3) is 0.794. The van der Waals surface area contributed by atoms with Gasteiger partial charge in [0.15, 0.2) is 6.10 Å². The molecular formula is C68H114O14. The zero-order valence-corrected chi connectivity index (χ0v) is 52.9. The van der Waals surface area contributed by atoms with Gasteiger partial charge in [-0.3, -0.25) is 24.0 Å². The number of fused-ring (bicyclic) bond motifs is 1. The van der Waals surface area contributed by atoms with E-state index in [0.29, 0.717) is 54.5 Å². The highest BCUT2D eigenvalue weighted by atomic mass is 16.7. The molecule has 1 aromatic rings. The van der Waals surface area contributed by atoms with Gasteiger partial charge in [0.1, 0.15) is 36.9 Å². The second kappa shape index (κ2) is 47.7. The summed E-state index contributed by atoms with van der Waals surface area (Å²) >= 11 is 0. The van der Waals surface area contributed by atoms with Gasteiger partial charge >= 0.3 is 35.8 Å². The maximum absolute atomic E-state index is 13.2. The van der Waals surface area contributed by atoms with E-state index < -0.39 is 30.3 Å². The number of ether oxygens (including phenoxy) is 8. The largest absolute Gasteiger partial charge is 0.496 e. The molecule has 0 fully saturated rings. The number of methoxy groups -OCH3 is 2. The molecule has 0 saturated heterocycles. The SMILES string of the molecule is CCCCCCCCCCCCCCCC(=O)OCC(COC(=O)CCCCCCCCCCCCCCC)OC(=O)CC(C)CCCCCCCCC(=O)OC(C)Oc1c(C/C=C(\C)CCC(=O)OC)c(OC)c(C)c2c1C(=O)OC2. The first-order valence-electron chi connectivity index (χ1n) is 32.7. The molecule has 0 amide bonds. The number of allylic oxidation sites excluding steroid dienone is 2. The molecule has 1 aromatic carbocycles. The lowest BCUT2D eigenvalue weighted by Gasteiger charge is -2.22. The summed E-state index contributed by atoms with van der Waals surface area (Å²) in [5.74, 6) is -1.37. The molecule has 14 nitrogen and oxygen atoms in total. The highest BCUT2D eigenvalue weighted by Crippen LogP contribution is 2.43. The smallest absolute Gasteiger partial charge is 0.342 e. The first-order valence-corrected chi connectivity index (χ1v) is 32.7. The van der Waals surface area contributed by atoms with Gasteiger partial charge in [0.2, 0.25) is 6.29 Å². The molecule has 1 heterocycles. The number of esters is 6. The predicted octanol–water partition coefficient (Wildman–Crippen LogP) is 17.5. The normalized spacial score (nSPS) is 12.9. The second-order valence-electron chi connectivity index (χ2n) is 23.3. The van der Waals surface area contributed by atoms with Gasteiger partial charge in [-0.25, -0.2) is 4.79 Å². The van der Waals surface area contributed by atoms with E-state index in [9.17, 15) is 28.8 Å². The Morgan fingerprint density at radius 1 is 0.524 bits per heavy atom. The van der Waals surface area contributed by atoms with Gasteiger partial charge in [-0.1, -0.05) is 225 Å². The predicted molar refractivity (Wildman–Crippen MR) is 325 cm³/mol. The Bertz CT molecular complexity index is 1910. The van der Waals surface area contributed by atoms with Gasteiger partial charge in [0.05, 0.1) is 14.2 Å². The Morgan fingerprint density at radius 3 is 1.41 bits per heavy atom. The Hall–Kier alpha value is -4.62. The van der Waals surface area contributed by atoms with E-state index in [1.807, 2.05) is 26.8 Å². The maximum Gasteiger partial charge on any atom is 0.342 e. The van der Waals surface area contributed by atoms with E-state index in [1.165, 1.54) is 136 Å². The van der Waals surface area contributed by atoms with Gasteiger partial charge in [-0.05, 0) is 57.4 Å². The summed E-state index contributed by atoms with van der Waals surface area (Å²) in [6.07, 6.45) is 40.3. The first kappa shape index (κ1) is 73.5. The Kier molecular flexibility index (Phi) is 42.8. The standard InChI is InChI=1S/C68H114O14/c1-9-11-13-15-17-19-21-23-25-27-29-34-38-42-61(70)77-50-57(51-78-62(71)43-39-35-30-28-26-24-22-20-18-16-14-12-10-2)82-64(73)49-54(4)41-37-33-31-32-36-40-44-63(72)80-56(6)81-67-58(47-45-53(3)46-48-60(69)75-7)66(76-8)55(5)59-52-79-68(74)65(59)67/h45,54,56-57H,9-44,46-52H2,1-8H3/b53-45+. The monoisotopic (exact) mass is 1150 g/mol. The van der Waals surface area contributed by atoms with Crippen molar-refractivity contribution in [2.24, 2.45) is 5.92 Å². The van der Waals surface area contributed by atoms with Gasteiger partial charge in [-0.2, -0.15) is 0 Å². The van der Waals surface area contributed by atoms with Gasteiger partial charge in [-0.15, -0.1) is 0 Å². The molecule has 0 bridgehead atoms. The number of carbonyl (C=O) groups is 6. The molecule has 0 spiro atoms. The fourth-order valence-electron chi connectivity index (χ4n) is 10.6. The number of hydrogen-bond acceptors (Lipinski definition) is 14. The third-order valence-corrected chi connectivity index (χ3v) is 15.8. The minimum Gasteiger partial charge on any atom is -0.496 e. The van der Waals surface area contributed by atoms with E-state index >= 15 is 0 Å². The zero-order chi connectivity index (χ0) is 60.0. The van der Waals surface area contributed by atoms with Crippen LogP contribution in [0.4, 0.5) is 0 Å². The maximum atomic E-state index is 13.2. The third kappa shape index (κ3) is 34.9. The topological polar surface area (TPSA) is 176 Å².